The lowest BCUT2D eigenvalue weighted by atomic mass is 10.4. The largest absolute Gasteiger partial charge is 0.398 e. The van der Waals surface area contributed by atoms with Gasteiger partial charge in [-0.3, -0.25) is 0 Å². The molecule has 4 nitrogen and oxygen atoms in total. The summed E-state index contributed by atoms with van der Waals surface area (Å²) < 4.78 is 0.596. The Bertz CT molecular complexity index is 269. The van der Waals surface area contributed by atoms with E-state index in [4.69, 9.17) is 0 Å². The summed E-state index contributed by atoms with van der Waals surface area (Å²) in [6.07, 6.45) is 1.61. The van der Waals surface area contributed by atoms with Gasteiger partial charge in [-0.15, -0.1) is 0 Å². The fourth-order valence-corrected chi connectivity index (χ4v) is 1.23. The lowest BCUT2D eigenvalue weighted by Gasteiger charge is -1.92. The van der Waals surface area contributed by atoms with Crippen LogP contribution in [0.3, 0.4) is 0 Å². The molecule has 0 bridgehead atoms. The zero-order valence-electron chi connectivity index (χ0n) is 6.26. The lowest BCUT2D eigenvalue weighted by molar-refractivity contribution is 0.215. The van der Waals surface area contributed by atoms with Crippen molar-refractivity contribution in [1.29, 1.82) is 0 Å². The average Bonchev–Trinajstić information content (AvgIpc) is 2.36. The second-order valence-corrected chi connectivity index (χ2v) is 2.69. The van der Waals surface area contributed by atoms with E-state index >= 15 is 0 Å². The molecule has 1 N–H and O–H groups in total. The molecule has 11 heavy (non-hydrogen) atoms. The summed E-state index contributed by atoms with van der Waals surface area (Å²) >= 11 is 3.22. The minimum atomic E-state index is 0.596. The number of imidazole rings is 1. The Labute approximate surface area is 72.8 Å². The van der Waals surface area contributed by atoms with Gasteiger partial charge >= 0.3 is 0 Å². The van der Waals surface area contributed by atoms with Gasteiger partial charge in [0.2, 0.25) is 0 Å². The Hall–Kier alpha value is -0.840. The molecule has 0 unspecified atom stereocenters. The number of aromatic amines is 1. The van der Waals surface area contributed by atoms with E-state index < -0.39 is 0 Å². The first-order chi connectivity index (χ1) is 5.25. The molecule has 5 heteroatoms. The fourth-order valence-electron chi connectivity index (χ4n) is 0.690. The molecule has 0 spiro atoms. The number of hydrogen-bond donors (Lipinski definition) is 1. The molecule has 0 aliphatic heterocycles. The number of oxime groups is 1. The summed E-state index contributed by atoms with van der Waals surface area (Å²) in [5.74, 6) is 0. The number of nitrogens with one attached hydrogen (secondary N) is 1. The van der Waals surface area contributed by atoms with Gasteiger partial charge in [-0.2, -0.15) is 0 Å². The van der Waals surface area contributed by atoms with E-state index in [-0.39, 0.29) is 0 Å². The van der Waals surface area contributed by atoms with Crippen LogP contribution in [0.25, 0.3) is 0 Å². The van der Waals surface area contributed by atoms with Gasteiger partial charge in [0.05, 0.1) is 6.33 Å². The Morgan fingerprint density at radius 1 is 1.82 bits per heavy atom. The van der Waals surface area contributed by atoms with Gasteiger partial charge in [0.1, 0.15) is 12.8 Å². The minimum Gasteiger partial charge on any atom is -0.398 e. The van der Waals surface area contributed by atoms with Gasteiger partial charge in [-0.1, -0.05) is 5.16 Å². The maximum absolute atomic E-state index is 4.57. The molecule has 1 aromatic rings. The fraction of sp³-hybridized carbons (Fsp3) is 0.333. The van der Waals surface area contributed by atoms with Crippen molar-refractivity contribution in [3.05, 3.63) is 17.7 Å². The summed E-state index contributed by atoms with van der Waals surface area (Å²) in [6, 6.07) is 0. The van der Waals surface area contributed by atoms with Crippen LogP contribution < -0.4 is 0 Å². The first-order valence-corrected chi connectivity index (χ1v) is 3.82. The summed E-state index contributed by atoms with van der Waals surface area (Å²) in [5.41, 5.74) is 1.73. The number of H-pyrrole nitrogens is 1. The first kappa shape index (κ1) is 8.26. The molecule has 0 aliphatic carbocycles. The molecule has 0 saturated carbocycles. The van der Waals surface area contributed by atoms with Gasteiger partial charge in [0.15, 0.2) is 4.62 Å². The maximum atomic E-state index is 4.57. The lowest BCUT2D eigenvalue weighted by Crippen LogP contribution is -1.94. The highest BCUT2D eigenvalue weighted by molar-refractivity contribution is 9.18. The Morgan fingerprint density at radius 2 is 2.55 bits per heavy atom. The van der Waals surface area contributed by atoms with Crippen molar-refractivity contribution in [3.8, 4) is 0 Å². The van der Waals surface area contributed by atoms with Crippen LogP contribution in [0.4, 0.5) is 0 Å². The van der Waals surface area contributed by atoms with Crippen molar-refractivity contribution >= 4 is 20.6 Å². The SMILES string of the molecule is CON=C(Br)c1nc[nH]c1C. The molecule has 0 radical (unpaired) electrons. The number of aryl methyl sites for hydroxylation is 1. The van der Waals surface area contributed by atoms with Crippen molar-refractivity contribution in [2.45, 2.75) is 6.92 Å². The molecule has 0 atom stereocenters. The molecule has 1 aromatic heterocycles. The highest BCUT2D eigenvalue weighted by Crippen LogP contribution is 2.07. The van der Waals surface area contributed by atoms with Gasteiger partial charge in [0.25, 0.3) is 0 Å². The van der Waals surface area contributed by atoms with E-state index in [1.807, 2.05) is 6.92 Å². The van der Waals surface area contributed by atoms with E-state index in [1.54, 1.807) is 6.33 Å². The second-order valence-electron chi connectivity index (χ2n) is 1.94. The standard InChI is InChI=1S/C6H8BrN3O/c1-4-5(9-3-8-4)6(7)10-11-2/h3H,1-2H3,(H,8,9). The normalized spacial score (nSPS) is 11.7. The Morgan fingerprint density at radius 3 is 3.00 bits per heavy atom. The van der Waals surface area contributed by atoms with Crippen LogP contribution in [0, 0.1) is 6.92 Å². The highest BCUT2D eigenvalue weighted by Gasteiger charge is 2.05. The molecule has 0 fully saturated rings. The molecular formula is C6H8BrN3O. The molecular weight excluding hydrogens is 210 g/mol. The van der Waals surface area contributed by atoms with Crippen molar-refractivity contribution in [3.63, 3.8) is 0 Å². The third-order valence-corrected chi connectivity index (χ3v) is 1.72. The van der Waals surface area contributed by atoms with Gasteiger partial charge < -0.3 is 9.82 Å². The Balaban J connectivity index is 2.92. The van der Waals surface area contributed by atoms with Crippen LogP contribution in [-0.4, -0.2) is 21.7 Å². The molecule has 1 rings (SSSR count). The van der Waals surface area contributed by atoms with Crippen molar-refractivity contribution in [2.24, 2.45) is 5.16 Å². The molecule has 0 aliphatic rings. The van der Waals surface area contributed by atoms with E-state index in [0.29, 0.717) is 4.62 Å². The number of aromatic nitrogens is 2. The van der Waals surface area contributed by atoms with Gasteiger partial charge in [-0.25, -0.2) is 4.98 Å². The summed E-state index contributed by atoms with van der Waals surface area (Å²) in [4.78, 5) is 11.5. The smallest absolute Gasteiger partial charge is 0.172 e. The maximum Gasteiger partial charge on any atom is 0.172 e. The predicted molar refractivity (Wildman–Crippen MR) is 45.8 cm³/mol. The van der Waals surface area contributed by atoms with Crippen molar-refractivity contribution in [1.82, 2.24) is 9.97 Å². The third-order valence-electron chi connectivity index (χ3n) is 1.20. The van der Waals surface area contributed by atoms with Crippen LogP contribution in [0.2, 0.25) is 0 Å². The van der Waals surface area contributed by atoms with E-state index in [2.05, 4.69) is 35.9 Å². The molecule has 1 heterocycles. The summed E-state index contributed by atoms with van der Waals surface area (Å²) in [5, 5.41) is 3.68. The first-order valence-electron chi connectivity index (χ1n) is 3.02. The van der Waals surface area contributed by atoms with Crippen LogP contribution >= 0.6 is 15.9 Å². The molecule has 0 amide bonds. The highest BCUT2D eigenvalue weighted by atomic mass is 79.9. The van der Waals surface area contributed by atoms with Crippen molar-refractivity contribution in [2.75, 3.05) is 7.11 Å². The molecule has 60 valence electrons. The zero-order chi connectivity index (χ0) is 8.27. The van der Waals surface area contributed by atoms with Crippen LogP contribution in [0.5, 0.6) is 0 Å². The monoisotopic (exact) mass is 217 g/mol. The molecule has 0 aromatic carbocycles. The second kappa shape index (κ2) is 3.52. The summed E-state index contributed by atoms with van der Waals surface area (Å²) in [7, 11) is 1.49. The topological polar surface area (TPSA) is 50.3 Å². The quantitative estimate of drug-likeness (QED) is 0.602. The average molecular weight is 218 g/mol. The van der Waals surface area contributed by atoms with E-state index in [9.17, 15) is 0 Å². The summed E-state index contributed by atoms with van der Waals surface area (Å²) in [6.45, 7) is 1.91. The number of rotatable bonds is 2. The van der Waals surface area contributed by atoms with E-state index in [0.717, 1.165) is 11.4 Å². The minimum absolute atomic E-state index is 0.596. The predicted octanol–water partition coefficient (Wildman–Crippen LogP) is 1.42. The van der Waals surface area contributed by atoms with Gasteiger partial charge in [0, 0.05) is 5.69 Å². The third kappa shape index (κ3) is 1.80. The number of nitrogens with zero attached hydrogens (tertiary/aromatic N) is 2. The van der Waals surface area contributed by atoms with Crippen LogP contribution in [0.15, 0.2) is 11.5 Å². The van der Waals surface area contributed by atoms with Crippen molar-refractivity contribution < 1.29 is 4.84 Å². The van der Waals surface area contributed by atoms with Crippen LogP contribution in [-0.2, 0) is 4.84 Å². The number of hydrogen-bond acceptors (Lipinski definition) is 3. The van der Waals surface area contributed by atoms with Crippen LogP contribution in [0.1, 0.15) is 11.4 Å². The number of halogens is 1. The van der Waals surface area contributed by atoms with E-state index in [1.165, 1.54) is 7.11 Å². The zero-order valence-corrected chi connectivity index (χ0v) is 7.84. The molecule has 0 saturated heterocycles. The Kier molecular flexibility index (Phi) is 2.64. The van der Waals surface area contributed by atoms with Gasteiger partial charge in [-0.05, 0) is 22.9 Å².